The van der Waals surface area contributed by atoms with Gasteiger partial charge < -0.3 is 15.4 Å². The Hall–Kier alpha value is -0.930. The van der Waals surface area contributed by atoms with Crippen molar-refractivity contribution in [1.82, 2.24) is 15.5 Å². The van der Waals surface area contributed by atoms with Crippen molar-refractivity contribution in [2.24, 2.45) is 4.99 Å². The van der Waals surface area contributed by atoms with Crippen LogP contribution in [0.25, 0.3) is 0 Å². The summed E-state index contributed by atoms with van der Waals surface area (Å²) in [6.07, 6.45) is 0. The standard InChI is InChI=1S/C17H27FN4O.HI/c1-13(2)21-17(19-3)20-12-16(22-8-10-23-11-9-22)14-4-6-15(18)7-5-14;/h4-7,13,16H,8-12H2,1-3H3,(H2,19,20,21);1H. The Morgan fingerprint density at radius 2 is 1.88 bits per heavy atom. The predicted octanol–water partition coefficient (Wildman–Crippen LogP) is 2.39. The van der Waals surface area contributed by atoms with E-state index in [-0.39, 0.29) is 35.8 Å². The fraction of sp³-hybridized carbons (Fsp3) is 0.588. The molecule has 24 heavy (non-hydrogen) atoms. The fourth-order valence-corrected chi connectivity index (χ4v) is 2.69. The molecule has 0 amide bonds. The number of benzene rings is 1. The van der Waals surface area contributed by atoms with Gasteiger partial charge in [-0.2, -0.15) is 0 Å². The zero-order chi connectivity index (χ0) is 16.7. The van der Waals surface area contributed by atoms with Crippen LogP contribution in [0.4, 0.5) is 4.39 Å². The highest BCUT2D eigenvalue weighted by Gasteiger charge is 2.23. The molecule has 5 nitrogen and oxygen atoms in total. The van der Waals surface area contributed by atoms with Gasteiger partial charge in [-0.3, -0.25) is 9.89 Å². The van der Waals surface area contributed by atoms with Gasteiger partial charge in [0.25, 0.3) is 0 Å². The molecule has 1 aliphatic rings. The molecule has 1 unspecified atom stereocenters. The number of morpholine rings is 1. The number of rotatable bonds is 5. The third-order valence-corrected chi connectivity index (χ3v) is 3.85. The van der Waals surface area contributed by atoms with Crippen LogP contribution in [0.5, 0.6) is 0 Å². The second-order valence-corrected chi connectivity index (χ2v) is 5.97. The SMILES string of the molecule is CN=C(NCC(c1ccc(F)cc1)N1CCOCC1)NC(C)C.I. The molecule has 1 heterocycles. The summed E-state index contributed by atoms with van der Waals surface area (Å²) in [6.45, 7) is 8.07. The average Bonchev–Trinajstić information content (AvgIpc) is 2.56. The molecule has 2 N–H and O–H groups in total. The summed E-state index contributed by atoms with van der Waals surface area (Å²) < 4.78 is 18.7. The molecule has 1 aliphatic heterocycles. The molecule has 0 saturated carbocycles. The molecule has 0 aromatic heterocycles. The van der Waals surface area contributed by atoms with Gasteiger partial charge in [-0.05, 0) is 31.5 Å². The Morgan fingerprint density at radius 3 is 2.42 bits per heavy atom. The normalized spacial score (nSPS) is 17.3. The Morgan fingerprint density at radius 1 is 1.25 bits per heavy atom. The Labute approximate surface area is 161 Å². The van der Waals surface area contributed by atoms with Crippen LogP contribution < -0.4 is 10.6 Å². The van der Waals surface area contributed by atoms with Gasteiger partial charge in [0.1, 0.15) is 5.82 Å². The maximum atomic E-state index is 13.2. The van der Waals surface area contributed by atoms with Crippen molar-refractivity contribution < 1.29 is 9.13 Å². The molecule has 1 atom stereocenters. The lowest BCUT2D eigenvalue weighted by atomic mass is 10.0. The van der Waals surface area contributed by atoms with Gasteiger partial charge in [0.2, 0.25) is 0 Å². The highest BCUT2D eigenvalue weighted by atomic mass is 127. The Balaban J connectivity index is 0.00000288. The van der Waals surface area contributed by atoms with Crippen molar-refractivity contribution in [3.05, 3.63) is 35.6 Å². The number of hydrogen-bond acceptors (Lipinski definition) is 3. The fourth-order valence-electron chi connectivity index (χ4n) is 2.69. The summed E-state index contributed by atoms with van der Waals surface area (Å²) in [4.78, 5) is 6.61. The number of hydrogen-bond donors (Lipinski definition) is 2. The van der Waals surface area contributed by atoms with E-state index in [1.165, 1.54) is 12.1 Å². The van der Waals surface area contributed by atoms with E-state index >= 15 is 0 Å². The van der Waals surface area contributed by atoms with Crippen LogP contribution in [0.15, 0.2) is 29.3 Å². The molecule has 0 radical (unpaired) electrons. The lowest BCUT2D eigenvalue weighted by Crippen LogP contribution is -2.47. The molecule has 1 aromatic rings. The number of nitrogens with zero attached hydrogens (tertiary/aromatic N) is 2. The van der Waals surface area contributed by atoms with Crippen molar-refractivity contribution in [2.45, 2.75) is 25.9 Å². The second-order valence-electron chi connectivity index (χ2n) is 5.97. The number of aliphatic imine (C=N–C) groups is 1. The van der Waals surface area contributed by atoms with Gasteiger partial charge in [-0.25, -0.2) is 4.39 Å². The summed E-state index contributed by atoms with van der Waals surface area (Å²) in [7, 11) is 1.76. The largest absolute Gasteiger partial charge is 0.379 e. The highest BCUT2D eigenvalue weighted by Crippen LogP contribution is 2.21. The molecular formula is C17H28FIN4O. The topological polar surface area (TPSA) is 48.9 Å². The van der Waals surface area contributed by atoms with E-state index in [9.17, 15) is 4.39 Å². The third kappa shape index (κ3) is 6.52. The minimum atomic E-state index is -0.209. The molecule has 1 saturated heterocycles. The zero-order valence-electron chi connectivity index (χ0n) is 14.6. The van der Waals surface area contributed by atoms with Crippen LogP contribution in [-0.2, 0) is 4.74 Å². The Bertz CT molecular complexity index is 504. The summed E-state index contributed by atoms with van der Waals surface area (Å²) in [6, 6.07) is 7.22. The Kier molecular flexibility index (Phi) is 9.53. The first-order valence-electron chi connectivity index (χ1n) is 8.14. The van der Waals surface area contributed by atoms with E-state index in [2.05, 4.69) is 34.4 Å². The average molecular weight is 450 g/mol. The summed E-state index contributed by atoms with van der Waals surface area (Å²) in [5, 5.41) is 6.66. The first-order chi connectivity index (χ1) is 11.1. The highest BCUT2D eigenvalue weighted by molar-refractivity contribution is 14.0. The zero-order valence-corrected chi connectivity index (χ0v) is 16.9. The maximum Gasteiger partial charge on any atom is 0.191 e. The first kappa shape index (κ1) is 21.1. The lowest BCUT2D eigenvalue weighted by molar-refractivity contribution is 0.0170. The molecule has 0 bridgehead atoms. The van der Waals surface area contributed by atoms with Crippen molar-refractivity contribution in [3.8, 4) is 0 Å². The van der Waals surface area contributed by atoms with Gasteiger partial charge in [-0.15, -0.1) is 24.0 Å². The van der Waals surface area contributed by atoms with Gasteiger partial charge in [0, 0.05) is 32.7 Å². The van der Waals surface area contributed by atoms with Crippen LogP contribution in [0, 0.1) is 5.82 Å². The molecule has 0 aliphatic carbocycles. The van der Waals surface area contributed by atoms with Crippen LogP contribution in [-0.4, -0.2) is 56.8 Å². The number of halogens is 2. The van der Waals surface area contributed by atoms with Crippen LogP contribution in [0.2, 0.25) is 0 Å². The second kappa shape index (κ2) is 10.8. The van der Waals surface area contributed by atoms with E-state index in [4.69, 9.17) is 4.74 Å². The predicted molar refractivity (Wildman–Crippen MR) is 107 cm³/mol. The molecule has 0 spiro atoms. The van der Waals surface area contributed by atoms with Crippen molar-refractivity contribution in [3.63, 3.8) is 0 Å². The van der Waals surface area contributed by atoms with E-state index in [0.29, 0.717) is 12.6 Å². The molecular weight excluding hydrogens is 422 g/mol. The number of nitrogens with one attached hydrogen (secondary N) is 2. The summed E-state index contributed by atoms with van der Waals surface area (Å²) >= 11 is 0. The van der Waals surface area contributed by atoms with E-state index in [1.807, 2.05) is 12.1 Å². The summed E-state index contributed by atoms with van der Waals surface area (Å²) in [5.41, 5.74) is 1.10. The van der Waals surface area contributed by atoms with Crippen molar-refractivity contribution in [1.29, 1.82) is 0 Å². The molecule has 1 aromatic carbocycles. The van der Waals surface area contributed by atoms with Crippen LogP contribution >= 0.6 is 24.0 Å². The van der Waals surface area contributed by atoms with Crippen molar-refractivity contribution in [2.75, 3.05) is 39.9 Å². The van der Waals surface area contributed by atoms with Gasteiger partial charge in [0.15, 0.2) is 5.96 Å². The third-order valence-electron chi connectivity index (χ3n) is 3.85. The van der Waals surface area contributed by atoms with Gasteiger partial charge in [-0.1, -0.05) is 12.1 Å². The molecule has 7 heteroatoms. The molecule has 1 fully saturated rings. The summed E-state index contributed by atoms with van der Waals surface area (Å²) in [5.74, 6) is 0.570. The molecule has 2 rings (SSSR count). The van der Waals surface area contributed by atoms with Gasteiger partial charge >= 0.3 is 0 Å². The van der Waals surface area contributed by atoms with E-state index < -0.39 is 0 Å². The van der Waals surface area contributed by atoms with Crippen LogP contribution in [0.3, 0.4) is 0 Å². The minimum Gasteiger partial charge on any atom is -0.379 e. The van der Waals surface area contributed by atoms with Crippen molar-refractivity contribution >= 4 is 29.9 Å². The minimum absolute atomic E-state index is 0. The smallest absolute Gasteiger partial charge is 0.191 e. The number of ether oxygens (including phenoxy) is 1. The first-order valence-corrected chi connectivity index (χ1v) is 8.14. The van der Waals surface area contributed by atoms with Gasteiger partial charge in [0.05, 0.1) is 19.3 Å². The maximum absolute atomic E-state index is 13.2. The lowest BCUT2D eigenvalue weighted by Gasteiger charge is -2.35. The van der Waals surface area contributed by atoms with Crippen LogP contribution in [0.1, 0.15) is 25.5 Å². The molecule has 136 valence electrons. The van der Waals surface area contributed by atoms with E-state index in [0.717, 1.165) is 37.8 Å². The quantitative estimate of drug-likeness (QED) is 0.411. The monoisotopic (exact) mass is 450 g/mol. The van der Waals surface area contributed by atoms with E-state index in [1.54, 1.807) is 7.05 Å². The number of guanidine groups is 1.